The van der Waals surface area contributed by atoms with Crippen LogP contribution < -0.4 is 0 Å². The Kier molecular flexibility index (Phi) is 4.01. The van der Waals surface area contributed by atoms with Crippen LogP contribution in [0.1, 0.15) is 42.1 Å². The molecule has 2 aliphatic rings. The maximum absolute atomic E-state index is 12.6. The molecule has 1 aromatic rings. The molecule has 116 valence electrons. The van der Waals surface area contributed by atoms with Gasteiger partial charge in [0.1, 0.15) is 6.54 Å². The summed E-state index contributed by atoms with van der Waals surface area (Å²) in [5.41, 5.74) is 2.12. The number of carbonyl (C=O) groups is 2. The average molecular weight is 298 g/mol. The molecule has 0 N–H and O–H groups in total. The Bertz CT molecular complexity index is 584. The number of amides is 2. The van der Waals surface area contributed by atoms with E-state index in [2.05, 4.69) is 13.5 Å². The molecule has 22 heavy (non-hydrogen) atoms. The lowest BCUT2D eigenvalue weighted by Gasteiger charge is -2.25. The first-order valence-corrected chi connectivity index (χ1v) is 7.99. The highest BCUT2D eigenvalue weighted by Gasteiger charge is 2.34. The predicted octanol–water partition coefficient (Wildman–Crippen LogP) is 2.76. The third-order valence-electron chi connectivity index (χ3n) is 4.35. The summed E-state index contributed by atoms with van der Waals surface area (Å²) in [7, 11) is 0. The molecule has 0 radical (unpaired) electrons. The fourth-order valence-corrected chi connectivity index (χ4v) is 2.94. The quantitative estimate of drug-likeness (QED) is 0.810. The molecule has 0 saturated heterocycles. The summed E-state index contributed by atoms with van der Waals surface area (Å²) >= 11 is 0. The van der Waals surface area contributed by atoms with Gasteiger partial charge in [0.05, 0.1) is 0 Å². The fraction of sp³-hybridized carbons (Fsp3) is 0.444. The smallest absolute Gasteiger partial charge is 0.259 e. The summed E-state index contributed by atoms with van der Waals surface area (Å²) in [5, 5.41) is 0. The van der Waals surface area contributed by atoms with Crippen LogP contribution in [0.25, 0.3) is 5.70 Å². The monoisotopic (exact) mass is 298 g/mol. The lowest BCUT2D eigenvalue weighted by molar-refractivity contribution is -0.131. The molecule has 1 aliphatic heterocycles. The van der Waals surface area contributed by atoms with Gasteiger partial charge in [-0.1, -0.05) is 31.7 Å². The molecular weight excluding hydrogens is 276 g/mol. The second kappa shape index (κ2) is 5.95. The minimum Gasteiger partial charge on any atom is -0.341 e. The highest BCUT2D eigenvalue weighted by molar-refractivity contribution is 6.10. The number of hydrogen-bond acceptors (Lipinski definition) is 2. The first-order chi connectivity index (χ1) is 10.6. The van der Waals surface area contributed by atoms with Gasteiger partial charge in [-0.05, 0) is 31.2 Å². The third kappa shape index (κ3) is 2.78. The molecule has 1 heterocycles. The topological polar surface area (TPSA) is 40.6 Å². The number of nitrogens with zero attached hydrogens (tertiary/aromatic N) is 2. The first-order valence-electron chi connectivity index (χ1n) is 7.99. The molecule has 3 rings (SSSR count). The number of benzene rings is 1. The van der Waals surface area contributed by atoms with Gasteiger partial charge in [0.25, 0.3) is 5.91 Å². The Hall–Kier alpha value is -2.10. The molecule has 2 amide bonds. The first kappa shape index (κ1) is 14.8. The summed E-state index contributed by atoms with van der Waals surface area (Å²) in [6.45, 7) is 7.75. The molecule has 0 atom stereocenters. The van der Waals surface area contributed by atoms with Gasteiger partial charge in [-0.3, -0.25) is 14.5 Å². The van der Waals surface area contributed by atoms with Crippen LogP contribution in [0.4, 0.5) is 0 Å². The van der Waals surface area contributed by atoms with E-state index in [0.717, 1.165) is 25.1 Å². The highest BCUT2D eigenvalue weighted by Crippen LogP contribution is 2.32. The van der Waals surface area contributed by atoms with E-state index < -0.39 is 0 Å². The van der Waals surface area contributed by atoms with Crippen molar-refractivity contribution in [3.05, 3.63) is 42.0 Å². The zero-order chi connectivity index (χ0) is 15.7. The van der Waals surface area contributed by atoms with Crippen molar-refractivity contribution in [3.63, 3.8) is 0 Å². The van der Waals surface area contributed by atoms with E-state index in [4.69, 9.17) is 0 Å². The van der Waals surface area contributed by atoms with Crippen LogP contribution in [0.15, 0.2) is 30.8 Å². The van der Waals surface area contributed by atoms with Gasteiger partial charge in [0.15, 0.2) is 0 Å². The summed E-state index contributed by atoms with van der Waals surface area (Å²) in [4.78, 5) is 28.5. The van der Waals surface area contributed by atoms with Crippen LogP contribution in [-0.2, 0) is 4.79 Å². The molecule has 4 heteroatoms. The summed E-state index contributed by atoms with van der Waals surface area (Å²) in [5.74, 6) is 0.568. The zero-order valence-corrected chi connectivity index (χ0v) is 13.0. The van der Waals surface area contributed by atoms with Gasteiger partial charge >= 0.3 is 0 Å². The zero-order valence-electron chi connectivity index (χ0n) is 13.0. The van der Waals surface area contributed by atoms with E-state index in [9.17, 15) is 9.59 Å². The molecule has 1 saturated carbocycles. The Morgan fingerprint density at radius 1 is 1.32 bits per heavy atom. The van der Waals surface area contributed by atoms with Gasteiger partial charge in [0.2, 0.25) is 5.91 Å². The number of hydrogen-bond donors (Lipinski definition) is 0. The van der Waals surface area contributed by atoms with Gasteiger partial charge in [0, 0.05) is 29.9 Å². The minimum atomic E-state index is -0.114. The van der Waals surface area contributed by atoms with Crippen LogP contribution >= 0.6 is 0 Å². The molecule has 1 aromatic carbocycles. The minimum absolute atomic E-state index is 0.0241. The second-order valence-electron chi connectivity index (χ2n) is 6.17. The average Bonchev–Trinajstić information content (AvgIpc) is 3.31. The van der Waals surface area contributed by atoms with Crippen LogP contribution in [0.5, 0.6) is 0 Å². The van der Waals surface area contributed by atoms with Gasteiger partial charge in [-0.25, -0.2) is 0 Å². The number of fused-ring (bicyclic) bond motifs is 1. The van der Waals surface area contributed by atoms with E-state index in [1.54, 1.807) is 6.07 Å². The third-order valence-corrected chi connectivity index (χ3v) is 4.35. The lowest BCUT2D eigenvalue weighted by Crippen LogP contribution is -2.41. The Morgan fingerprint density at radius 3 is 2.59 bits per heavy atom. The van der Waals surface area contributed by atoms with Crippen LogP contribution in [-0.4, -0.2) is 41.2 Å². The van der Waals surface area contributed by atoms with Crippen molar-refractivity contribution in [1.29, 1.82) is 0 Å². The van der Waals surface area contributed by atoms with E-state index >= 15 is 0 Å². The Morgan fingerprint density at radius 2 is 2.00 bits per heavy atom. The molecule has 1 fully saturated rings. The molecule has 0 unspecified atom stereocenters. The maximum Gasteiger partial charge on any atom is 0.259 e. The maximum atomic E-state index is 12.6. The molecule has 4 nitrogen and oxygen atoms in total. The van der Waals surface area contributed by atoms with Crippen LogP contribution in [0.3, 0.4) is 0 Å². The molecule has 0 bridgehead atoms. The summed E-state index contributed by atoms with van der Waals surface area (Å²) in [6.07, 6.45) is 3.37. The largest absolute Gasteiger partial charge is 0.341 e. The Labute approximate surface area is 131 Å². The van der Waals surface area contributed by atoms with E-state index in [0.29, 0.717) is 17.2 Å². The van der Waals surface area contributed by atoms with Crippen molar-refractivity contribution in [1.82, 2.24) is 9.80 Å². The SMILES string of the molecule is C=C1c2ccccc2C(=O)N1CC(=O)N(CCC)CC1CC1. The van der Waals surface area contributed by atoms with Crippen molar-refractivity contribution in [3.8, 4) is 0 Å². The molecular formula is C18H22N2O2. The van der Waals surface area contributed by atoms with Crippen molar-refractivity contribution >= 4 is 17.5 Å². The van der Waals surface area contributed by atoms with Crippen molar-refractivity contribution in [2.45, 2.75) is 26.2 Å². The summed E-state index contributed by atoms with van der Waals surface area (Å²) < 4.78 is 0. The van der Waals surface area contributed by atoms with Crippen molar-refractivity contribution in [2.24, 2.45) is 5.92 Å². The van der Waals surface area contributed by atoms with Gasteiger partial charge < -0.3 is 4.90 Å². The van der Waals surface area contributed by atoms with Gasteiger partial charge in [-0.2, -0.15) is 0 Å². The standard InChI is InChI=1S/C18H22N2O2/c1-3-10-19(11-14-8-9-14)17(21)12-20-13(2)15-6-4-5-7-16(15)18(20)22/h4-7,14H,2-3,8-12H2,1H3. The fourth-order valence-electron chi connectivity index (χ4n) is 2.94. The van der Waals surface area contributed by atoms with Crippen molar-refractivity contribution < 1.29 is 9.59 Å². The van der Waals surface area contributed by atoms with E-state index in [-0.39, 0.29) is 18.4 Å². The Balaban J connectivity index is 1.71. The van der Waals surface area contributed by atoms with E-state index in [1.807, 2.05) is 23.1 Å². The van der Waals surface area contributed by atoms with Crippen LogP contribution in [0.2, 0.25) is 0 Å². The molecule has 1 aliphatic carbocycles. The van der Waals surface area contributed by atoms with Crippen molar-refractivity contribution in [2.75, 3.05) is 19.6 Å². The lowest BCUT2D eigenvalue weighted by atomic mass is 10.1. The highest BCUT2D eigenvalue weighted by atomic mass is 16.2. The molecule has 0 spiro atoms. The second-order valence-corrected chi connectivity index (χ2v) is 6.17. The number of carbonyl (C=O) groups excluding carboxylic acids is 2. The predicted molar refractivity (Wildman–Crippen MR) is 86.1 cm³/mol. The molecule has 0 aromatic heterocycles. The van der Waals surface area contributed by atoms with Crippen LogP contribution in [0, 0.1) is 5.92 Å². The van der Waals surface area contributed by atoms with E-state index in [1.165, 1.54) is 17.7 Å². The summed E-state index contributed by atoms with van der Waals surface area (Å²) in [6, 6.07) is 7.40. The number of rotatable bonds is 6. The normalized spacial score (nSPS) is 16.9. The van der Waals surface area contributed by atoms with Gasteiger partial charge in [-0.15, -0.1) is 0 Å².